The Morgan fingerprint density at radius 3 is 2.58 bits per heavy atom. The normalized spacial score (nSPS) is 10.5. The third kappa shape index (κ3) is 6.98. The standard InChI is InChI=1S/C22H21Cl2N5O3S/c1-3-10-29-19(12-20(30)25-15-5-7-16(32-2)8-6-15)27-28-22(29)33-13-21(31)26-18-11-14(23)4-9-17(18)24/h3-9,11H,1,10,12-13H2,2H3,(H,25,30)(H,26,31). The summed E-state index contributed by atoms with van der Waals surface area (Å²) in [6, 6.07) is 11.8. The van der Waals surface area contributed by atoms with Gasteiger partial charge < -0.3 is 19.9 Å². The largest absolute Gasteiger partial charge is 0.497 e. The first-order valence-corrected chi connectivity index (χ1v) is 11.5. The summed E-state index contributed by atoms with van der Waals surface area (Å²) in [4.78, 5) is 24.9. The minimum atomic E-state index is -0.281. The van der Waals surface area contributed by atoms with Crippen LogP contribution in [-0.2, 0) is 22.6 Å². The van der Waals surface area contributed by atoms with Crippen molar-refractivity contribution in [2.75, 3.05) is 23.5 Å². The molecule has 11 heteroatoms. The van der Waals surface area contributed by atoms with E-state index in [4.69, 9.17) is 27.9 Å². The summed E-state index contributed by atoms with van der Waals surface area (Å²) in [7, 11) is 1.58. The van der Waals surface area contributed by atoms with Crippen LogP contribution in [-0.4, -0.2) is 39.4 Å². The monoisotopic (exact) mass is 505 g/mol. The van der Waals surface area contributed by atoms with Crippen LogP contribution in [0, 0.1) is 0 Å². The van der Waals surface area contributed by atoms with Gasteiger partial charge in [-0.15, -0.1) is 16.8 Å². The molecule has 2 N–H and O–H groups in total. The average molecular weight is 506 g/mol. The van der Waals surface area contributed by atoms with Crippen molar-refractivity contribution in [3.63, 3.8) is 0 Å². The highest BCUT2D eigenvalue weighted by molar-refractivity contribution is 7.99. The van der Waals surface area contributed by atoms with Gasteiger partial charge in [0.15, 0.2) is 5.16 Å². The van der Waals surface area contributed by atoms with Gasteiger partial charge in [0.1, 0.15) is 11.6 Å². The van der Waals surface area contributed by atoms with Crippen molar-refractivity contribution in [2.24, 2.45) is 0 Å². The van der Waals surface area contributed by atoms with Gasteiger partial charge in [-0.05, 0) is 42.5 Å². The Bertz CT molecular complexity index is 1150. The van der Waals surface area contributed by atoms with Crippen molar-refractivity contribution in [1.29, 1.82) is 0 Å². The van der Waals surface area contributed by atoms with E-state index in [2.05, 4.69) is 27.4 Å². The molecule has 0 spiro atoms. The highest BCUT2D eigenvalue weighted by Crippen LogP contribution is 2.26. The molecule has 0 aliphatic carbocycles. The van der Waals surface area contributed by atoms with Gasteiger partial charge in [-0.1, -0.05) is 41.0 Å². The van der Waals surface area contributed by atoms with Gasteiger partial charge in [-0.3, -0.25) is 9.59 Å². The number of aromatic nitrogens is 3. The zero-order chi connectivity index (χ0) is 23.8. The fraction of sp³-hybridized carbons (Fsp3) is 0.182. The number of carbonyl (C=O) groups excluding carboxylic acids is 2. The van der Waals surface area contributed by atoms with Crippen molar-refractivity contribution in [3.05, 3.63) is 71.0 Å². The van der Waals surface area contributed by atoms with Crippen LogP contribution >= 0.6 is 35.0 Å². The molecule has 1 heterocycles. The Morgan fingerprint density at radius 1 is 1.12 bits per heavy atom. The number of halogens is 2. The average Bonchev–Trinajstić information content (AvgIpc) is 3.16. The number of allylic oxidation sites excluding steroid dienone is 1. The third-order valence-corrected chi connectivity index (χ3v) is 5.86. The van der Waals surface area contributed by atoms with Crippen LogP contribution in [0.25, 0.3) is 0 Å². The van der Waals surface area contributed by atoms with E-state index in [1.165, 1.54) is 11.8 Å². The Morgan fingerprint density at radius 2 is 1.88 bits per heavy atom. The van der Waals surface area contributed by atoms with Crippen LogP contribution in [0.2, 0.25) is 10.0 Å². The van der Waals surface area contributed by atoms with E-state index in [1.54, 1.807) is 60.2 Å². The van der Waals surface area contributed by atoms with Crippen LogP contribution in [0.1, 0.15) is 5.82 Å². The molecule has 3 rings (SSSR count). The molecule has 0 bridgehead atoms. The first kappa shape index (κ1) is 24.6. The smallest absolute Gasteiger partial charge is 0.234 e. The molecule has 0 saturated carbocycles. The van der Waals surface area contributed by atoms with Gasteiger partial charge in [-0.2, -0.15) is 0 Å². The number of hydrogen-bond donors (Lipinski definition) is 2. The lowest BCUT2D eigenvalue weighted by Crippen LogP contribution is -2.18. The number of methoxy groups -OCH3 is 1. The molecular formula is C22H21Cl2N5O3S. The molecular weight excluding hydrogens is 485 g/mol. The maximum Gasteiger partial charge on any atom is 0.234 e. The second-order valence-corrected chi connectivity index (χ2v) is 8.50. The summed E-state index contributed by atoms with van der Waals surface area (Å²) in [6.45, 7) is 4.14. The molecule has 0 atom stereocenters. The van der Waals surface area contributed by atoms with Crippen molar-refractivity contribution in [2.45, 2.75) is 18.1 Å². The van der Waals surface area contributed by atoms with Crippen molar-refractivity contribution in [1.82, 2.24) is 14.8 Å². The molecule has 0 saturated heterocycles. The zero-order valence-corrected chi connectivity index (χ0v) is 20.0. The Labute approximate surface area is 205 Å². The Kier molecular flexibility index (Phi) is 8.76. The number of carbonyl (C=O) groups is 2. The number of ether oxygens (including phenoxy) is 1. The van der Waals surface area contributed by atoms with Crippen LogP contribution < -0.4 is 15.4 Å². The first-order valence-electron chi connectivity index (χ1n) is 9.74. The van der Waals surface area contributed by atoms with E-state index >= 15 is 0 Å². The lowest BCUT2D eigenvalue weighted by molar-refractivity contribution is -0.116. The van der Waals surface area contributed by atoms with Gasteiger partial charge in [0.05, 0.1) is 30.0 Å². The van der Waals surface area contributed by atoms with Crippen molar-refractivity contribution in [3.8, 4) is 5.75 Å². The predicted molar refractivity (Wildman–Crippen MR) is 131 cm³/mol. The van der Waals surface area contributed by atoms with Gasteiger partial charge >= 0.3 is 0 Å². The quantitative estimate of drug-likeness (QED) is 0.306. The summed E-state index contributed by atoms with van der Waals surface area (Å²) in [5.74, 6) is 0.693. The molecule has 2 amide bonds. The second-order valence-electron chi connectivity index (χ2n) is 6.71. The fourth-order valence-electron chi connectivity index (χ4n) is 2.80. The van der Waals surface area contributed by atoms with Gasteiger partial charge in [0, 0.05) is 17.3 Å². The lowest BCUT2D eigenvalue weighted by atomic mass is 10.3. The molecule has 0 unspecified atom stereocenters. The van der Waals surface area contributed by atoms with Crippen LogP contribution in [0.4, 0.5) is 11.4 Å². The number of benzene rings is 2. The maximum atomic E-state index is 12.5. The lowest BCUT2D eigenvalue weighted by Gasteiger charge is -2.10. The van der Waals surface area contributed by atoms with E-state index in [1.807, 2.05) is 0 Å². The third-order valence-electron chi connectivity index (χ3n) is 4.33. The number of hydrogen-bond acceptors (Lipinski definition) is 6. The number of rotatable bonds is 10. The van der Waals surface area contributed by atoms with Gasteiger partial charge in [-0.25, -0.2) is 0 Å². The predicted octanol–water partition coefficient (Wildman–Crippen LogP) is 4.69. The SMILES string of the molecule is C=CCn1c(CC(=O)Nc2ccc(OC)cc2)nnc1SCC(=O)Nc1cc(Cl)ccc1Cl. The summed E-state index contributed by atoms with van der Waals surface area (Å²) >= 11 is 13.2. The van der Waals surface area contributed by atoms with Crippen LogP contribution in [0.3, 0.4) is 0 Å². The van der Waals surface area contributed by atoms with Gasteiger partial charge in [0.25, 0.3) is 0 Å². The van der Waals surface area contributed by atoms with Crippen LogP contribution in [0.15, 0.2) is 60.3 Å². The number of nitrogens with one attached hydrogen (secondary N) is 2. The summed E-state index contributed by atoms with van der Waals surface area (Å²) in [6.07, 6.45) is 1.68. The zero-order valence-electron chi connectivity index (χ0n) is 17.7. The maximum absolute atomic E-state index is 12.5. The van der Waals surface area contributed by atoms with E-state index in [0.717, 1.165) is 0 Å². The second kappa shape index (κ2) is 11.7. The fourth-order valence-corrected chi connectivity index (χ4v) is 3.91. The van der Waals surface area contributed by atoms with E-state index in [-0.39, 0.29) is 24.0 Å². The molecule has 33 heavy (non-hydrogen) atoms. The highest BCUT2D eigenvalue weighted by Gasteiger charge is 2.17. The Hall–Kier alpha value is -3.01. The first-order chi connectivity index (χ1) is 15.9. The molecule has 172 valence electrons. The van der Waals surface area contributed by atoms with Gasteiger partial charge in [0.2, 0.25) is 11.8 Å². The van der Waals surface area contributed by atoms with Crippen molar-refractivity contribution >= 4 is 58.2 Å². The molecule has 2 aromatic carbocycles. The number of nitrogens with zero attached hydrogens (tertiary/aromatic N) is 3. The summed E-state index contributed by atoms with van der Waals surface area (Å²) in [5, 5.41) is 15.1. The minimum absolute atomic E-state index is 0.0117. The number of anilines is 2. The summed E-state index contributed by atoms with van der Waals surface area (Å²) < 4.78 is 6.85. The number of thioether (sulfide) groups is 1. The molecule has 0 aliphatic heterocycles. The molecule has 3 aromatic rings. The molecule has 0 fully saturated rings. The summed E-state index contributed by atoms with van der Waals surface area (Å²) in [5.41, 5.74) is 1.07. The van der Waals surface area contributed by atoms with E-state index in [0.29, 0.717) is 44.7 Å². The number of amides is 2. The van der Waals surface area contributed by atoms with E-state index < -0.39 is 0 Å². The molecule has 8 nitrogen and oxygen atoms in total. The molecule has 0 radical (unpaired) electrons. The minimum Gasteiger partial charge on any atom is -0.497 e. The van der Waals surface area contributed by atoms with E-state index in [9.17, 15) is 9.59 Å². The highest BCUT2D eigenvalue weighted by atomic mass is 35.5. The van der Waals surface area contributed by atoms with Crippen molar-refractivity contribution < 1.29 is 14.3 Å². The van der Waals surface area contributed by atoms with Crippen LogP contribution in [0.5, 0.6) is 5.75 Å². The Balaban J connectivity index is 1.62. The topological polar surface area (TPSA) is 98.1 Å². The molecule has 0 aliphatic rings. The molecule has 1 aromatic heterocycles.